The first kappa shape index (κ1) is 9.32. The average molecular weight is 207 g/mol. The van der Waals surface area contributed by atoms with Crippen molar-refractivity contribution in [1.82, 2.24) is 15.4 Å². The maximum atomic E-state index is 13.3. The van der Waals surface area contributed by atoms with Crippen LogP contribution in [0.25, 0.3) is 11.3 Å². The molecule has 0 spiro atoms. The van der Waals surface area contributed by atoms with Crippen LogP contribution in [0.15, 0.2) is 24.3 Å². The molecule has 1 heterocycles. The maximum absolute atomic E-state index is 13.3. The predicted octanol–water partition coefficient (Wildman–Crippen LogP) is 1.31. The molecule has 0 aliphatic heterocycles. The molecule has 0 aliphatic carbocycles. The first-order chi connectivity index (χ1) is 7.20. The Kier molecular flexibility index (Phi) is 2.17. The Bertz CT molecular complexity index is 510. The number of hydrogen-bond donors (Lipinski definition) is 2. The van der Waals surface area contributed by atoms with Gasteiger partial charge in [0, 0.05) is 5.56 Å². The lowest BCUT2D eigenvalue weighted by Gasteiger charge is -1.98. The highest BCUT2D eigenvalue weighted by Gasteiger charge is 2.18. The lowest BCUT2D eigenvalue weighted by Crippen LogP contribution is -2.00. The van der Waals surface area contributed by atoms with E-state index in [1.165, 1.54) is 18.2 Å². The van der Waals surface area contributed by atoms with Crippen molar-refractivity contribution in [1.29, 1.82) is 0 Å². The molecule has 0 saturated heterocycles. The fourth-order valence-electron chi connectivity index (χ4n) is 1.22. The summed E-state index contributed by atoms with van der Waals surface area (Å²) in [5.74, 6) is -1.76. The highest BCUT2D eigenvalue weighted by molar-refractivity contribution is 5.92. The van der Waals surface area contributed by atoms with E-state index in [9.17, 15) is 9.18 Å². The second kappa shape index (κ2) is 3.49. The highest BCUT2D eigenvalue weighted by Crippen LogP contribution is 2.22. The molecular weight excluding hydrogens is 201 g/mol. The van der Waals surface area contributed by atoms with Gasteiger partial charge in [-0.2, -0.15) is 0 Å². The Morgan fingerprint density at radius 3 is 2.80 bits per heavy atom. The molecule has 2 aromatic rings. The summed E-state index contributed by atoms with van der Waals surface area (Å²) in [5.41, 5.74) is -0.107. The van der Waals surface area contributed by atoms with E-state index in [-0.39, 0.29) is 17.0 Å². The molecule has 2 rings (SSSR count). The number of aromatic amines is 1. The minimum absolute atomic E-state index is 0.000556. The topological polar surface area (TPSA) is 78.9 Å². The van der Waals surface area contributed by atoms with Gasteiger partial charge >= 0.3 is 5.97 Å². The first-order valence-corrected chi connectivity index (χ1v) is 4.09. The Hall–Kier alpha value is -2.24. The van der Waals surface area contributed by atoms with Gasteiger partial charge in [-0.15, -0.1) is 5.10 Å². The molecule has 2 N–H and O–H groups in total. The van der Waals surface area contributed by atoms with Crippen molar-refractivity contribution in [2.24, 2.45) is 0 Å². The second-order valence-electron chi connectivity index (χ2n) is 2.82. The number of rotatable bonds is 2. The number of benzene rings is 1. The third kappa shape index (κ3) is 1.56. The van der Waals surface area contributed by atoms with E-state index in [0.29, 0.717) is 0 Å². The van der Waals surface area contributed by atoms with Gasteiger partial charge in [0.1, 0.15) is 11.5 Å². The smallest absolute Gasteiger partial charge is 0.356 e. The Labute approximate surface area is 83.6 Å². The monoisotopic (exact) mass is 207 g/mol. The predicted molar refractivity (Wildman–Crippen MR) is 48.7 cm³/mol. The van der Waals surface area contributed by atoms with E-state index in [0.717, 1.165) is 0 Å². The van der Waals surface area contributed by atoms with E-state index in [2.05, 4.69) is 15.4 Å². The van der Waals surface area contributed by atoms with E-state index in [4.69, 9.17) is 5.11 Å². The van der Waals surface area contributed by atoms with E-state index in [1.54, 1.807) is 6.07 Å². The van der Waals surface area contributed by atoms with Gasteiger partial charge in [0.15, 0.2) is 5.69 Å². The third-order valence-corrected chi connectivity index (χ3v) is 1.89. The van der Waals surface area contributed by atoms with Crippen molar-refractivity contribution in [3.63, 3.8) is 0 Å². The molecule has 0 saturated carbocycles. The van der Waals surface area contributed by atoms with E-state index < -0.39 is 11.8 Å². The van der Waals surface area contributed by atoms with Crippen molar-refractivity contribution < 1.29 is 14.3 Å². The van der Waals surface area contributed by atoms with Crippen LogP contribution in [-0.4, -0.2) is 26.5 Å². The molecule has 5 nitrogen and oxygen atoms in total. The minimum atomic E-state index is -1.22. The van der Waals surface area contributed by atoms with Gasteiger partial charge < -0.3 is 5.11 Å². The van der Waals surface area contributed by atoms with Gasteiger partial charge in [-0.05, 0) is 12.1 Å². The number of aromatic nitrogens is 3. The highest BCUT2D eigenvalue weighted by atomic mass is 19.1. The van der Waals surface area contributed by atoms with Crippen LogP contribution in [0.3, 0.4) is 0 Å². The molecule has 0 bridgehead atoms. The van der Waals surface area contributed by atoms with Crippen LogP contribution in [-0.2, 0) is 0 Å². The average Bonchev–Trinajstić information content (AvgIpc) is 2.67. The number of carboxylic acids is 1. The normalized spacial score (nSPS) is 10.2. The zero-order chi connectivity index (χ0) is 10.8. The van der Waals surface area contributed by atoms with Gasteiger partial charge in [0.25, 0.3) is 0 Å². The van der Waals surface area contributed by atoms with Crippen LogP contribution in [0.5, 0.6) is 0 Å². The maximum Gasteiger partial charge on any atom is 0.356 e. The van der Waals surface area contributed by atoms with Gasteiger partial charge in [-0.1, -0.05) is 17.3 Å². The van der Waals surface area contributed by atoms with Crippen molar-refractivity contribution in [2.45, 2.75) is 0 Å². The zero-order valence-electron chi connectivity index (χ0n) is 7.44. The molecule has 0 atom stereocenters. The molecule has 0 unspecified atom stereocenters. The molecular formula is C9H6FN3O2. The molecule has 0 radical (unpaired) electrons. The summed E-state index contributed by atoms with van der Waals surface area (Å²) < 4.78 is 13.3. The Morgan fingerprint density at radius 2 is 2.13 bits per heavy atom. The van der Waals surface area contributed by atoms with Gasteiger partial charge in [0.2, 0.25) is 0 Å². The van der Waals surface area contributed by atoms with Crippen LogP contribution >= 0.6 is 0 Å². The largest absolute Gasteiger partial charge is 0.476 e. The number of H-pyrrole nitrogens is 1. The molecule has 76 valence electrons. The zero-order valence-corrected chi connectivity index (χ0v) is 7.44. The number of aromatic carboxylic acids is 1. The summed E-state index contributed by atoms with van der Waals surface area (Å²) in [5, 5.41) is 17.9. The molecule has 1 aromatic heterocycles. The molecule has 0 amide bonds. The van der Waals surface area contributed by atoms with Crippen LogP contribution in [0, 0.1) is 5.82 Å². The van der Waals surface area contributed by atoms with E-state index >= 15 is 0 Å². The number of nitrogens with one attached hydrogen (secondary N) is 1. The summed E-state index contributed by atoms with van der Waals surface area (Å²) in [7, 11) is 0. The van der Waals surface area contributed by atoms with Crippen molar-refractivity contribution in [2.75, 3.05) is 0 Å². The number of halogens is 1. The Morgan fingerprint density at radius 1 is 1.40 bits per heavy atom. The van der Waals surface area contributed by atoms with Crippen LogP contribution in [0.4, 0.5) is 4.39 Å². The van der Waals surface area contributed by atoms with Crippen LogP contribution in [0.2, 0.25) is 0 Å². The number of carboxylic acid groups (broad SMARTS) is 1. The van der Waals surface area contributed by atoms with Gasteiger partial charge in [-0.25, -0.2) is 9.18 Å². The number of carbonyl (C=O) groups is 1. The number of hydrogen-bond acceptors (Lipinski definition) is 3. The summed E-state index contributed by atoms with van der Waals surface area (Å²) >= 11 is 0. The second-order valence-corrected chi connectivity index (χ2v) is 2.82. The first-order valence-electron chi connectivity index (χ1n) is 4.09. The molecule has 6 heteroatoms. The van der Waals surface area contributed by atoms with Crippen molar-refractivity contribution >= 4 is 5.97 Å². The summed E-state index contributed by atoms with van der Waals surface area (Å²) in [6.07, 6.45) is 0. The van der Waals surface area contributed by atoms with Crippen molar-refractivity contribution in [3.8, 4) is 11.3 Å². The lowest BCUT2D eigenvalue weighted by molar-refractivity contribution is 0.0691. The summed E-state index contributed by atoms with van der Waals surface area (Å²) in [4.78, 5) is 10.7. The fourth-order valence-corrected chi connectivity index (χ4v) is 1.22. The standard InChI is InChI=1S/C9H6FN3O2/c10-6-4-2-1-3-5(6)7-8(9(14)15)12-13-11-7/h1-4H,(H,14,15)(H,11,12,13). The SMILES string of the molecule is O=C(O)c1[nH]nnc1-c1ccccc1F. The van der Waals surface area contributed by atoms with E-state index in [1.807, 2.05) is 0 Å². The van der Waals surface area contributed by atoms with Crippen molar-refractivity contribution in [3.05, 3.63) is 35.8 Å². The molecule has 0 aliphatic rings. The summed E-state index contributed by atoms with van der Waals surface area (Å²) in [6, 6.07) is 5.79. The van der Waals surface area contributed by atoms with Gasteiger partial charge in [-0.3, -0.25) is 5.10 Å². The summed E-state index contributed by atoms with van der Waals surface area (Å²) in [6.45, 7) is 0. The molecule has 1 aromatic carbocycles. The number of nitrogens with zero attached hydrogens (tertiary/aromatic N) is 2. The minimum Gasteiger partial charge on any atom is -0.476 e. The van der Waals surface area contributed by atoms with Crippen LogP contribution < -0.4 is 0 Å². The quantitative estimate of drug-likeness (QED) is 0.778. The fraction of sp³-hybridized carbons (Fsp3) is 0. The molecule has 0 fully saturated rings. The van der Waals surface area contributed by atoms with Gasteiger partial charge in [0.05, 0.1) is 0 Å². The van der Waals surface area contributed by atoms with Crippen LogP contribution in [0.1, 0.15) is 10.5 Å². The molecule has 15 heavy (non-hydrogen) atoms. The Balaban J connectivity index is 2.59. The third-order valence-electron chi connectivity index (χ3n) is 1.89. The lowest BCUT2D eigenvalue weighted by atomic mass is 10.1.